The van der Waals surface area contributed by atoms with Crippen molar-refractivity contribution < 1.29 is 4.42 Å². The average molecular weight is 447 g/mol. The van der Waals surface area contributed by atoms with E-state index in [1.807, 2.05) is 89.7 Å². The molecule has 31 heavy (non-hydrogen) atoms. The molecule has 1 N–H and O–H groups in total. The number of aromatic amines is 1. The highest BCUT2D eigenvalue weighted by Crippen LogP contribution is 2.37. The van der Waals surface area contributed by atoms with Crippen LogP contribution >= 0.6 is 23.4 Å². The fourth-order valence-electron chi connectivity index (χ4n) is 3.10. The van der Waals surface area contributed by atoms with E-state index in [1.165, 1.54) is 0 Å². The summed E-state index contributed by atoms with van der Waals surface area (Å²) in [5.74, 6) is -0.329. The molecule has 2 heterocycles. The third kappa shape index (κ3) is 4.19. The van der Waals surface area contributed by atoms with Gasteiger partial charge in [0, 0.05) is 27.2 Å². The van der Waals surface area contributed by atoms with Gasteiger partial charge >= 0.3 is 5.76 Å². The molecule has 152 valence electrons. The van der Waals surface area contributed by atoms with E-state index in [1.54, 1.807) is 11.8 Å². The average Bonchev–Trinajstić information content (AvgIpc) is 3.43. The fraction of sp³-hybridized carbons (Fsp3) is 0. The molecule has 0 radical (unpaired) electrons. The second kappa shape index (κ2) is 8.29. The van der Waals surface area contributed by atoms with Crippen LogP contribution in [-0.2, 0) is 0 Å². The summed E-state index contributed by atoms with van der Waals surface area (Å²) < 4.78 is 6.90. The Morgan fingerprint density at radius 3 is 2.29 bits per heavy atom. The fourth-order valence-corrected chi connectivity index (χ4v) is 4.16. The van der Waals surface area contributed by atoms with Gasteiger partial charge in [-0.3, -0.25) is 0 Å². The van der Waals surface area contributed by atoms with Gasteiger partial charge in [0.2, 0.25) is 5.89 Å². The number of aromatic nitrogens is 4. The zero-order valence-electron chi connectivity index (χ0n) is 16.0. The molecule has 0 fully saturated rings. The van der Waals surface area contributed by atoms with Crippen molar-refractivity contribution in [3.05, 3.63) is 101 Å². The van der Waals surface area contributed by atoms with E-state index in [4.69, 9.17) is 21.1 Å². The smallest absolute Gasteiger partial charge is 0.388 e. The number of halogens is 1. The predicted octanol–water partition coefficient (Wildman–Crippen LogP) is 5.69. The van der Waals surface area contributed by atoms with E-state index in [-0.39, 0.29) is 5.89 Å². The molecule has 6 nitrogen and oxygen atoms in total. The molecule has 5 rings (SSSR count). The number of nitrogens with zero attached hydrogens (tertiary/aromatic N) is 3. The second-order valence-corrected chi connectivity index (χ2v) is 8.23. The minimum absolute atomic E-state index is 0.252. The Labute approximate surface area is 186 Å². The molecule has 0 saturated heterocycles. The Morgan fingerprint density at radius 2 is 1.61 bits per heavy atom. The van der Waals surface area contributed by atoms with Crippen molar-refractivity contribution in [3.63, 3.8) is 0 Å². The third-order valence-corrected chi connectivity index (χ3v) is 5.86. The minimum atomic E-state index is -0.581. The Hall–Kier alpha value is -3.55. The zero-order valence-corrected chi connectivity index (χ0v) is 17.6. The Balaban J connectivity index is 1.55. The van der Waals surface area contributed by atoms with Crippen LogP contribution in [-0.4, -0.2) is 20.0 Å². The molecule has 5 aromatic rings. The number of para-hydroxylation sites is 1. The minimum Gasteiger partial charge on any atom is -0.388 e. The highest BCUT2D eigenvalue weighted by Gasteiger charge is 2.15. The first-order chi connectivity index (χ1) is 15.2. The van der Waals surface area contributed by atoms with Crippen LogP contribution < -0.4 is 5.76 Å². The van der Waals surface area contributed by atoms with Gasteiger partial charge in [0.05, 0.1) is 10.6 Å². The molecule has 0 atom stereocenters. The lowest BCUT2D eigenvalue weighted by Crippen LogP contribution is -1.94. The van der Waals surface area contributed by atoms with Gasteiger partial charge in [0.15, 0.2) is 0 Å². The molecule has 2 aromatic heterocycles. The van der Waals surface area contributed by atoms with Crippen molar-refractivity contribution in [2.24, 2.45) is 0 Å². The molecule has 0 bridgehead atoms. The lowest BCUT2D eigenvalue weighted by Gasteiger charge is -2.04. The molecule has 0 saturated carbocycles. The van der Waals surface area contributed by atoms with Gasteiger partial charge in [-0.25, -0.2) is 14.6 Å². The van der Waals surface area contributed by atoms with Crippen LogP contribution in [0.25, 0.3) is 28.4 Å². The van der Waals surface area contributed by atoms with Gasteiger partial charge in [0.1, 0.15) is 5.69 Å². The monoisotopic (exact) mass is 446 g/mol. The SMILES string of the molecule is O=c1[nH]nc(-c2ccc(-c3nn(-c4ccccc4)cc3Sc3ccc(Cl)cc3)cc2)o1. The Morgan fingerprint density at radius 1 is 0.903 bits per heavy atom. The van der Waals surface area contributed by atoms with Crippen LogP contribution in [0.3, 0.4) is 0 Å². The third-order valence-electron chi connectivity index (χ3n) is 4.59. The quantitative estimate of drug-likeness (QED) is 0.375. The normalized spacial score (nSPS) is 11.0. The Bertz CT molecular complexity index is 1370. The molecular formula is C23H15ClN4O2S. The molecule has 0 unspecified atom stereocenters. The maximum Gasteiger partial charge on any atom is 0.434 e. The van der Waals surface area contributed by atoms with Gasteiger partial charge in [-0.15, -0.1) is 5.10 Å². The van der Waals surface area contributed by atoms with Crippen molar-refractivity contribution in [2.75, 3.05) is 0 Å². The van der Waals surface area contributed by atoms with E-state index in [0.717, 1.165) is 26.7 Å². The van der Waals surface area contributed by atoms with Crippen molar-refractivity contribution in [1.82, 2.24) is 20.0 Å². The number of hydrogen-bond donors (Lipinski definition) is 1. The Kier molecular flexibility index (Phi) is 5.19. The first kappa shape index (κ1) is 19.4. The van der Waals surface area contributed by atoms with Crippen molar-refractivity contribution in [3.8, 4) is 28.4 Å². The second-order valence-electron chi connectivity index (χ2n) is 6.67. The van der Waals surface area contributed by atoms with Gasteiger partial charge in [-0.1, -0.05) is 53.7 Å². The maximum absolute atomic E-state index is 11.2. The zero-order chi connectivity index (χ0) is 21.2. The molecule has 0 aliphatic carbocycles. The molecule has 0 amide bonds. The maximum atomic E-state index is 11.2. The van der Waals surface area contributed by atoms with Crippen LogP contribution in [0, 0.1) is 0 Å². The van der Waals surface area contributed by atoms with E-state index >= 15 is 0 Å². The summed E-state index contributed by atoms with van der Waals surface area (Å²) in [6.07, 6.45) is 2.02. The lowest BCUT2D eigenvalue weighted by molar-refractivity contribution is 0.527. The number of H-pyrrole nitrogens is 1. The van der Waals surface area contributed by atoms with E-state index in [2.05, 4.69) is 10.2 Å². The lowest BCUT2D eigenvalue weighted by atomic mass is 10.1. The van der Waals surface area contributed by atoms with Gasteiger partial charge in [-0.2, -0.15) is 5.10 Å². The standard InChI is InChI=1S/C23H15ClN4O2S/c24-17-10-12-19(13-11-17)31-20-14-28(18-4-2-1-3-5-18)27-21(20)15-6-8-16(9-7-15)22-25-26-23(29)30-22/h1-14H,(H,26,29). The van der Waals surface area contributed by atoms with Crippen LogP contribution in [0.2, 0.25) is 5.02 Å². The van der Waals surface area contributed by atoms with Crippen LogP contribution in [0.1, 0.15) is 0 Å². The largest absolute Gasteiger partial charge is 0.434 e. The highest BCUT2D eigenvalue weighted by molar-refractivity contribution is 7.99. The summed E-state index contributed by atoms with van der Waals surface area (Å²) in [7, 11) is 0. The van der Waals surface area contributed by atoms with Crippen molar-refractivity contribution >= 4 is 23.4 Å². The summed E-state index contributed by atoms with van der Waals surface area (Å²) in [5.41, 5.74) is 3.46. The summed E-state index contributed by atoms with van der Waals surface area (Å²) in [6.45, 7) is 0. The summed E-state index contributed by atoms with van der Waals surface area (Å²) in [5, 5.41) is 11.7. The van der Waals surface area contributed by atoms with Gasteiger partial charge in [-0.05, 0) is 48.5 Å². The van der Waals surface area contributed by atoms with Crippen LogP contribution in [0.5, 0.6) is 0 Å². The molecule has 0 spiro atoms. The molecule has 3 aromatic carbocycles. The van der Waals surface area contributed by atoms with E-state index in [9.17, 15) is 4.79 Å². The number of rotatable bonds is 5. The molecule has 8 heteroatoms. The molecular weight excluding hydrogens is 432 g/mol. The number of nitrogens with one attached hydrogen (secondary N) is 1. The first-order valence-corrected chi connectivity index (χ1v) is 10.6. The van der Waals surface area contributed by atoms with Gasteiger partial charge < -0.3 is 4.42 Å². The summed E-state index contributed by atoms with van der Waals surface area (Å²) in [6, 6.07) is 25.3. The van der Waals surface area contributed by atoms with E-state index in [0.29, 0.717) is 10.6 Å². The van der Waals surface area contributed by atoms with Crippen LogP contribution in [0.15, 0.2) is 104 Å². The summed E-state index contributed by atoms with van der Waals surface area (Å²) in [4.78, 5) is 13.3. The van der Waals surface area contributed by atoms with Crippen LogP contribution in [0.4, 0.5) is 0 Å². The molecule has 0 aliphatic rings. The predicted molar refractivity (Wildman–Crippen MR) is 121 cm³/mol. The number of hydrogen-bond acceptors (Lipinski definition) is 5. The van der Waals surface area contributed by atoms with E-state index < -0.39 is 5.76 Å². The van der Waals surface area contributed by atoms with Crippen molar-refractivity contribution in [2.45, 2.75) is 9.79 Å². The molecule has 0 aliphatic heterocycles. The van der Waals surface area contributed by atoms with Crippen molar-refractivity contribution in [1.29, 1.82) is 0 Å². The topological polar surface area (TPSA) is 76.7 Å². The first-order valence-electron chi connectivity index (χ1n) is 9.40. The summed E-state index contributed by atoms with van der Waals surface area (Å²) >= 11 is 7.65. The number of benzene rings is 3. The van der Waals surface area contributed by atoms with Gasteiger partial charge in [0.25, 0.3) is 0 Å². The highest BCUT2D eigenvalue weighted by atomic mass is 35.5.